The average molecular weight is 560 g/mol. The molecule has 2 aromatic carbocycles. The van der Waals surface area contributed by atoms with Gasteiger partial charge in [0.05, 0.1) is 15.2 Å². The number of thiazole rings is 1. The number of aromatic nitrogens is 3. The lowest BCUT2D eigenvalue weighted by atomic mass is 10.0. The van der Waals surface area contributed by atoms with Crippen LogP contribution in [-0.2, 0) is 0 Å². The van der Waals surface area contributed by atoms with Crippen LogP contribution in [0.25, 0.3) is 32.2 Å². The van der Waals surface area contributed by atoms with Crippen molar-refractivity contribution in [2.24, 2.45) is 0 Å². The molecule has 2 atom stereocenters. The Hall–Kier alpha value is -2.86. The van der Waals surface area contributed by atoms with E-state index in [-0.39, 0.29) is 49.5 Å². The first-order valence-corrected chi connectivity index (χ1v) is 13.9. The summed E-state index contributed by atoms with van der Waals surface area (Å²) in [6.07, 6.45) is 4.10. The third-order valence-electron chi connectivity index (χ3n) is 7.36. The molecule has 4 N–H and O–H groups in total. The molecule has 4 heterocycles. The molecule has 2 fully saturated rings. The van der Waals surface area contributed by atoms with Gasteiger partial charge >= 0.3 is 6.01 Å². The molecule has 0 aliphatic carbocycles. The topological polar surface area (TPSA) is 101 Å². The molecular formula is C26H28ClF2N7OS. The Morgan fingerprint density at radius 1 is 1.21 bits per heavy atom. The third-order valence-corrected chi connectivity index (χ3v) is 8.55. The Balaban J connectivity index is 1.47. The normalized spacial score (nSPS) is 20.4. The standard InChI is InChI=1S/C26H28ClF2N7OS/c1-36-9-3-5-14(36)12-37-26-34-21-16(24(35-26)32-13-4-2-8-31-11-13)10-17(27)19(20(21)29)15-6-7-18(28)23-22(15)33-25(30)38-23/h6-7,10,13-14,31H,2-5,8-9,11-12H2,1H3,(H2,30,33)(H,32,34,35)/t13?,14-/m0/s1. The number of nitrogens with zero attached hydrogens (tertiary/aromatic N) is 4. The van der Waals surface area contributed by atoms with Crippen LogP contribution < -0.4 is 21.1 Å². The zero-order valence-electron chi connectivity index (χ0n) is 20.9. The highest BCUT2D eigenvalue weighted by Gasteiger charge is 2.26. The second-order valence-electron chi connectivity index (χ2n) is 9.90. The molecule has 0 bridgehead atoms. The van der Waals surface area contributed by atoms with E-state index in [9.17, 15) is 4.39 Å². The molecule has 12 heteroatoms. The number of nitrogen functional groups attached to an aromatic ring is 1. The lowest BCUT2D eigenvalue weighted by Gasteiger charge is -2.25. The van der Waals surface area contributed by atoms with E-state index in [1.807, 2.05) is 0 Å². The van der Waals surface area contributed by atoms with E-state index in [4.69, 9.17) is 22.1 Å². The molecule has 38 heavy (non-hydrogen) atoms. The van der Waals surface area contributed by atoms with Crippen LogP contribution in [0.15, 0.2) is 18.2 Å². The van der Waals surface area contributed by atoms with Crippen molar-refractivity contribution >= 4 is 55.0 Å². The highest BCUT2D eigenvalue weighted by atomic mass is 35.5. The number of fused-ring (bicyclic) bond motifs is 2. The van der Waals surface area contributed by atoms with Gasteiger partial charge in [0.2, 0.25) is 0 Å². The average Bonchev–Trinajstić information content (AvgIpc) is 3.50. The second kappa shape index (κ2) is 10.4. The number of nitrogens with one attached hydrogen (secondary N) is 2. The Morgan fingerprint density at radius 3 is 2.84 bits per heavy atom. The van der Waals surface area contributed by atoms with E-state index in [2.05, 4.69) is 37.5 Å². The number of hydrogen-bond acceptors (Lipinski definition) is 9. The van der Waals surface area contributed by atoms with Crippen molar-refractivity contribution in [1.82, 2.24) is 25.2 Å². The summed E-state index contributed by atoms with van der Waals surface area (Å²) in [5, 5.41) is 7.60. The number of ether oxygens (including phenoxy) is 1. The summed E-state index contributed by atoms with van der Waals surface area (Å²) in [5.74, 6) is -0.659. The summed E-state index contributed by atoms with van der Waals surface area (Å²) in [7, 11) is 2.06. The van der Waals surface area contributed by atoms with Gasteiger partial charge < -0.3 is 26.0 Å². The summed E-state index contributed by atoms with van der Waals surface area (Å²) in [6, 6.07) is 4.85. The molecular weight excluding hydrogens is 532 g/mol. The molecule has 2 aliphatic rings. The van der Waals surface area contributed by atoms with E-state index in [1.165, 1.54) is 12.1 Å². The molecule has 0 spiro atoms. The lowest BCUT2D eigenvalue weighted by molar-refractivity contribution is 0.188. The monoisotopic (exact) mass is 559 g/mol. The molecule has 1 unspecified atom stereocenters. The van der Waals surface area contributed by atoms with Crippen molar-refractivity contribution in [3.63, 3.8) is 0 Å². The van der Waals surface area contributed by atoms with Crippen molar-refractivity contribution in [2.45, 2.75) is 37.8 Å². The smallest absolute Gasteiger partial charge is 0.319 e. The minimum Gasteiger partial charge on any atom is -0.462 e. The van der Waals surface area contributed by atoms with Crippen LogP contribution in [0.1, 0.15) is 25.7 Å². The predicted octanol–water partition coefficient (Wildman–Crippen LogP) is 5.06. The molecule has 4 aromatic rings. The fraction of sp³-hybridized carbons (Fsp3) is 0.423. The van der Waals surface area contributed by atoms with Crippen molar-refractivity contribution in [2.75, 3.05) is 44.3 Å². The largest absolute Gasteiger partial charge is 0.462 e. The minimum absolute atomic E-state index is 0.0705. The Labute approximate surface area is 227 Å². The second-order valence-corrected chi connectivity index (χ2v) is 11.3. The van der Waals surface area contributed by atoms with Crippen molar-refractivity contribution in [1.29, 1.82) is 0 Å². The molecule has 2 aliphatic heterocycles. The zero-order chi connectivity index (χ0) is 26.4. The quantitative estimate of drug-likeness (QED) is 0.301. The van der Waals surface area contributed by atoms with Gasteiger partial charge in [0.1, 0.15) is 23.8 Å². The number of anilines is 2. The van der Waals surface area contributed by atoms with Crippen LogP contribution >= 0.6 is 22.9 Å². The number of nitrogens with two attached hydrogens (primary N) is 1. The maximum absolute atomic E-state index is 16.4. The van der Waals surface area contributed by atoms with Gasteiger partial charge in [0.15, 0.2) is 10.9 Å². The van der Waals surface area contributed by atoms with E-state index >= 15 is 4.39 Å². The summed E-state index contributed by atoms with van der Waals surface area (Å²) in [6.45, 7) is 3.15. The van der Waals surface area contributed by atoms with Crippen LogP contribution in [0.5, 0.6) is 6.01 Å². The van der Waals surface area contributed by atoms with Gasteiger partial charge in [-0.2, -0.15) is 9.97 Å². The Morgan fingerprint density at radius 2 is 2.08 bits per heavy atom. The van der Waals surface area contributed by atoms with Gasteiger partial charge in [0.25, 0.3) is 0 Å². The molecule has 0 amide bonds. The number of benzene rings is 2. The van der Waals surface area contributed by atoms with Gasteiger partial charge in [-0.05, 0) is 64.0 Å². The van der Waals surface area contributed by atoms with E-state index in [0.29, 0.717) is 23.4 Å². The maximum Gasteiger partial charge on any atom is 0.319 e. The fourth-order valence-electron chi connectivity index (χ4n) is 5.32. The van der Waals surface area contributed by atoms with Crippen LogP contribution in [0.4, 0.5) is 19.7 Å². The number of piperidine rings is 1. The van der Waals surface area contributed by atoms with Crippen LogP contribution in [-0.4, -0.2) is 65.2 Å². The summed E-state index contributed by atoms with van der Waals surface area (Å²) >= 11 is 7.69. The van der Waals surface area contributed by atoms with Gasteiger partial charge in [-0.3, -0.25) is 0 Å². The Kier molecular flexibility index (Phi) is 6.93. The van der Waals surface area contributed by atoms with E-state index < -0.39 is 11.6 Å². The third kappa shape index (κ3) is 4.72. The van der Waals surface area contributed by atoms with Gasteiger partial charge in [-0.15, -0.1) is 0 Å². The summed E-state index contributed by atoms with van der Waals surface area (Å²) in [4.78, 5) is 15.6. The molecule has 0 radical (unpaired) electrons. The summed E-state index contributed by atoms with van der Waals surface area (Å²) < 4.78 is 37.1. The first kappa shape index (κ1) is 25.4. The van der Waals surface area contributed by atoms with E-state index in [0.717, 1.165) is 56.7 Å². The number of rotatable bonds is 6. The number of hydrogen-bond donors (Lipinski definition) is 3. The summed E-state index contributed by atoms with van der Waals surface area (Å²) in [5.41, 5.74) is 6.61. The van der Waals surface area contributed by atoms with Crippen LogP contribution in [0.2, 0.25) is 5.02 Å². The zero-order valence-corrected chi connectivity index (χ0v) is 22.4. The van der Waals surface area contributed by atoms with Crippen LogP contribution in [0, 0.1) is 11.6 Å². The van der Waals surface area contributed by atoms with Gasteiger partial charge in [-0.25, -0.2) is 13.8 Å². The Bertz CT molecular complexity index is 1510. The molecule has 200 valence electrons. The van der Waals surface area contributed by atoms with Crippen molar-refractivity contribution in [3.05, 3.63) is 34.9 Å². The first-order chi connectivity index (χ1) is 18.4. The molecule has 2 aromatic heterocycles. The van der Waals surface area contributed by atoms with Gasteiger partial charge in [0, 0.05) is 35.1 Å². The van der Waals surface area contributed by atoms with Gasteiger partial charge in [-0.1, -0.05) is 22.9 Å². The lowest BCUT2D eigenvalue weighted by Crippen LogP contribution is -2.38. The first-order valence-electron chi connectivity index (χ1n) is 12.7. The molecule has 2 saturated heterocycles. The van der Waals surface area contributed by atoms with Crippen molar-refractivity contribution < 1.29 is 13.5 Å². The molecule has 6 rings (SSSR count). The minimum atomic E-state index is -0.651. The molecule has 0 saturated carbocycles. The fourth-order valence-corrected chi connectivity index (χ4v) is 6.38. The highest BCUT2D eigenvalue weighted by Crippen LogP contribution is 2.42. The van der Waals surface area contributed by atoms with E-state index in [1.54, 1.807) is 6.07 Å². The SMILES string of the molecule is CN1CCC[C@H]1COc1nc(NC2CCCNC2)c2cc(Cl)c(-c3ccc(F)c4sc(N)nc34)c(F)c2n1. The maximum atomic E-state index is 16.4. The molecule has 8 nitrogen and oxygen atoms in total. The number of likely N-dealkylation sites (tertiary alicyclic amines) is 1. The highest BCUT2D eigenvalue weighted by molar-refractivity contribution is 7.22. The van der Waals surface area contributed by atoms with Crippen molar-refractivity contribution in [3.8, 4) is 17.1 Å². The number of likely N-dealkylation sites (N-methyl/N-ethyl adjacent to an activating group) is 1. The number of halogens is 3. The van der Waals surface area contributed by atoms with Crippen LogP contribution in [0.3, 0.4) is 0 Å². The predicted molar refractivity (Wildman–Crippen MR) is 148 cm³/mol.